The van der Waals surface area contributed by atoms with E-state index in [9.17, 15) is 9.18 Å². The van der Waals surface area contributed by atoms with Gasteiger partial charge in [0, 0.05) is 0 Å². The number of nitrogens with zero attached hydrogens (tertiary/aromatic N) is 1. The number of carbonyl (C=O) groups excluding carboxylic acids is 1. The number of rotatable bonds is 3. The van der Waals surface area contributed by atoms with Gasteiger partial charge in [0.1, 0.15) is 23.2 Å². The Hall–Kier alpha value is -2.09. The SMILES string of the molecule is CCOC(=O)c1cc(F)c(C#N)c(OC)c1. The predicted octanol–water partition coefficient (Wildman–Crippen LogP) is 1.88. The van der Waals surface area contributed by atoms with Gasteiger partial charge in [-0.3, -0.25) is 0 Å². The Bertz CT molecular complexity index is 451. The number of esters is 1. The number of ether oxygens (including phenoxy) is 2. The minimum absolute atomic E-state index is 0.0190. The van der Waals surface area contributed by atoms with Gasteiger partial charge in [-0.25, -0.2) is 9.18 Å². The molecule has 0 unspecified atom stereocenters. The summed E-state index contributed by atoms with van der Waals surface area (Å²) in [4.78, 5) is 11.3. The summed E-state index contributed by atoms with van der Waals surface area (Å²) in [5, 5.41) is 8.68. The zero-order valence-corrected chi connectivity index (χ0v) is 8.91. The van der Waals surface area contributed by atoms with Crippen molar-refractivity contribution in [2.45, 2.75) is 6.92 Å². The lowest BCUT2D eigenvalue weighted by atomic mass is 10.1. The van der Waals surface area contributed by atoms with Crippen molar-refractivity contribution in [3.05, 3.63) is 29.1 Å². The van der Waals surface area contributed by atoms with E-state index in [1.165, 1.54) is 13.2 Å². The van der Waals surface area contributed by atoms with Gasteiger partial charge in [0.15, 0.2) is 0 Å². The van der Waals surface area contributed by atoms with Crippen molar-refractivity contribution in [2.75, 3.05) is 13.7 Å². The van der Waals surface area contributed by atoms with Crippen LogP contribution in [0.1, 0.15) is 22.8 Å². The summed E-state index contributed by atoms with van der Waals surface area (Å²) in [5.41, 5.74) is -0.203. The lowest BCUT2D eigenvalue weighted by Gasteiger charge is -2.07. The van der Waals surface area contributed by atoms with Crippen molar-refractivity contribution < 1.29 is 18.7 Å². The van der Waals surface area contributed by atoms with Crippen LogP contribution in [0.3, 0.4) is 0 Å². The van der Waals surface area contributed by atoms with E-state index in [2.05, 4.69) is 0 Å². The minimum Gasteiger partial charge on any atom is -0.495 e. The number of methoxy groups -OCH3 is 1. The van der Waals surface area contributed by atoms with E-state index in [4.69, 9.17) is 14.7 Å². The van der Waals surface area contributed by atoms with Crippen molar-refractivity contribution in [3.8, 4) is 11.8 Å². The van der Waals surface area contributed by atoms with E-state index < -0.39 is 11.8 Å². The predicted molar refractivity (Wildman–Crippen MR) is 53.6 cm³/mol. The molecule has 0 N–H and O–H groups in total. The maximum atomic E-state index is 13.4. The maximum absolute atomic E-state index is 13.4. The monoisotopic (exact) mass is 223 g/mol. The Kier molecular flexibility index (Phi) is 3.84. The average molecular weight is 223 g/mol. The van der Waals surface area contributed by atoms with Crippen LogP contribution in [-0.2, 0) is 4.74 Å². The second-order valence-corrected chi connectivity index (χ2v) is 2.87. The van der Waals surface area contributed by atoms with E-state index in [-0.39, 0.29) is 23.5 Å². The molecule has 0 saturated carbocycles. The molecule has 0 aliphatic rings. The summed E-state index contributed by atoms with van der Waals surface area (Å²) in [6.07, 6.45) is 0. The van der Waals surface area contributed by atoms with Crippen LogP contribution in [0.2, 0.25) is 0 Å². The first kappa shape index (κ1) is 12.0. The summed E-state index contributed by atoms with van der Waals surface area (Å²) in [6, 6.07) is 3.90. The molecule has 16 heavy (non-hydrogen) atoms. The fraction of sp³-hybridized carbons (Fsp3) is 0.273. The highest BCUT2D eigenvalue weighted by Crippen LogP contribution is 2.23. The second kappa shape index (κ2) is 5.12. The van der Waals surface area contributed by atoms with E-state index in [0.717, 1.165) is 6.07 Å². The minimum atomic E-state index is -0.801. The Morgan fingerprint density at radius 1 is 1.56 bits per heavy atom. The Morgan fingerprint density at radius 2 is 2.25 bits per heavy atom. The van der Waals surface area contributed by atoms with Gasteiger partial charge in [-0.1, -0.05) is 0 Å². The molecule has 0 amide bonds. The summed E-state index contributed by atoms with van der Waals surface area (Å²) in [7, 11) is 1.30. The van der Waals surface area contributed by atoms with Crippen molar-refractivity contribution in [2.24, 2.45) is 0 Å². The molecule has 84 valence electrons. The third-order valence-electron chi connectivity index (χ3n) is 1.90. The molecule has 0 atom stereocenters. The number of nitriles is 1. The molecule has 0 spiro atoms. The molecule has 5 heteroatoms. The summed E-state index contributed by atoms with van der Waals surface area (Å²) < 4.78 is 22.9. The quantitative estimate of drug-likeness (QED) is 0.734. The lowest BCUT2D eigenvalue weighted by Crippen LogP contribution is -2.06. The third-order valence-corrected chi connectivity index (χ3v) is 1.90. The molecule has 0 aliphatic carbocycles. The van der Waals surface area contributed by atoms with Crippen LogP contribution >= 0.6 is 0 Å². The number of halogens is 1. The number of hydrogen-bond acceptors (Lipinski definition) is 4. The summed E-state index contributed by atoms with van der Waals surface area (Å²) in [5.74, 6) is -1.43. The first-order valence-corrected chi connectivity index (χ1v) is 4.58. The van der Waals surface area contributed by atoms with Crippen LogP contribution in [0.25, 0.3) is 0 Å². The van der Waals surface area contributed by atoms with Crippen molar-refractivity contribution in [1.82, 2.24) is 0 Å². The third kappa shape index (κ3) is 2.28. The molecule has 1 aromatic carbocycles. The number of hydrogen-bond donors (Lipinski definition) is 0. The largest absolute Gasteiger partial charge is 0.495 e. The van der Waals surface area contributed by atoms with Gasteiger partial charge >= 0.3 is 5.97 Å². The molecular weight excluding hydrogens is 213 g/mol. The van der Waals surface area contributed by atoms with Crippen LogP contribution in [0.15, 0.2) is 12.1 Å². The molecular formula is C11H10FNO3. The second-order valence-electron chi connectivity index (χ2n) is 2.87. The fourth-order valence-corrected chi connectivity index (χ4v) is 1.18. The topological polar surface area (TPSA) is 59.3 Å². The molecule has 0 aliphatic heterocycles. The first-order chi connectivity index (χ1) is 7.63. The molecule has 0 saturated heterocycles. The van der Waals surface area contributed by atoms with Crippen molar-refractivity contribution in [3.63, 3.8) is 0 Å². The average Bonchev–Trinajstić information content (AvgIpc) is 2.28. The molecule has 1 rings (SSSR count). The van der Waals surface area contributed by atoms with Crippen LogP contribution in [0.5, 0.6) is 5.75 Å². The molecule has 0 bridgehead atoms. The smallest absolute Gasteiger partial charge is 0.338 e. The van der Waals surface area contributed by atoms with E-state index in [1.807, 2.05) is 0 Å². The normalized spacial score (nSPS) is 9.38. The van der Waals surface area contributed by atoms with Crippen molar-refractivity contribution >= 4 is 5.97 Å². The molecule has 0 radical (unpaired) electrons. The van der Waals surface area contributed by atoms with E-state index in [0.29, 0.717) is 0 Å². The highest BCUT2D eigenvalue weighted by atomic mass is 19.1. The summed E-state index contributed by atoms with van der Waals surface area (Å²) >= 11 is 0. The van der Waals surface area contributed by atoms with Crippen LogP contribution in [-0.4, -0.2) is 19.7 Å². The zero-order chi connectivity index (χ0) is 12.1. The Balaban J connectivity index is 3.21. The van der Waals surface area contributed by atoms with Gasteiger partial charge < -0.3 is 9.47 Å². The van der Waals surface area contributed by atoms with E-state index >= 15 is 0 Å². The first-order valence-electron chi connectivity index (χ1n) is 4.58. The molecule has 0 aromatic heterocycles. The molecule has 4 nitrogen and oxygen atoms in total. The van der Waals surface area contributed by atoms with Gasteiger partial charge in [-0.2, -0.15) is 5.26 Å². The Morgan fingerprint density at radius 3 is 2.75 bits per heavy atom. The van der Waals surface area contributed by atoms with Crippen LogP contribution < -0.4 is 4.74 Å². The number of carbonyl (C=O) groups is 1. The fourth-order valence-electron chi connectivity index (χ4n) is 1.18. The van der Waals surface area contributed by atoms with Gasteiger partial charge in [-0.15, -0.1) is 0 Å². The highest BCUT2D eigenvalue weighted by Gasteiger charge is 2.15. The molecule has 1 aromatic rings. The van der Waals surface area contributed by atoms with Gasteiger partial charge in [-0.05, 0) is 19.1 Å². The highest BCUT2D eigenvalue weighted by molar-refractivity contribution is 5.90. The van der Waals surface area contributed by atoms with Crippen LogP contribution in [0, 0.1) is 17.1 Å². The van der Waals surface area contributed by atoms with Gasteiger partial charge in [0.25, 0.3) is 0 Å². The van der Waals surface area contributed by atoms with E-state index in [1.54, 1.807) is 13.0 Å². The lowest BCUT2D eigenvalue weighted by molar-refractivity contribution is 0.0525. The Labute approximate surface area is 92.2 Å². The summed E-state index contributed by atoms with van der Waals surface area (Å²) in [6.45, 7) is 1.85. The van der Waals surface area contributed by atoms with Crippen LogP contribution in [0.4, 0.5) is 4.39 Å². The van der Waals surface area contributed by atoms with Gasteiger partial charge in [0.05, 0.1) is 19.3 Å². The maximum Gasteiger partial charge on any atom is 0.338 e. The standard InChI is InChI=1S/C11H10FNO3/c1-3-16-11(14)7-4-9(12)8(6-13)10(5-7)15-2/h4-5H,3H2,1-2H3. The van der Waals surface area contributed by atoms with Gasteiger partial charge in [0.2, 0.25) is 0 Å². The molecule has 0 fully saturated rings. The zero-order valence-electron chi connectivity index (χ0n) is 8.91. The van der Waals surface area contributed by atoms with Crippen molar-refractivity contribution in [1.29, 1.82) is 5.26 Å². The molecule has 0 heterocycles. The number of benzene rings is 1.